The number of rotatable bonds is 6. The van der Waals surface area contributed by atoms with Crippen LogP contribution in [0.15, 0.2) is 4.52 Å². The van der Waals surface area contributed by atoms with Crippen LogP contribution < -0.4 is 11.1 Å². The van der Waals surface area contributed by atoms with Gasteiger partial charge in [0.05, 0.1) is 18.0 Å². The number of hydrogen-bond acceptors (Lipinski definition) is 7. The number of nitrogens with zero attached hydrogens (tertiary/aromatic N) is 3. The Morgan fingerprint density at radius 2 is 2.29 bits per heavy atom. The highest BCUT2D eigenvalue weighted by molar-refractivity contribution is 7.97. The van der Waals surface area contributed by atoms with Crippen molar-refractivity contribution in [2.45, 2.75) is 32.2 Å². The number of nitrogens with one attached hydrogen (secondary N) is 2. The van der Waals surface area contributed by atoms with E-state index >= 15 is 0 Å². The lowest BCUT2D eigenvalue weighted by Crippen LogP contribution is -2.34. The van der Waals surface area contributed by atoms with Crippen LogP contribution in [0, 0.1) is 13.8 Å². The molecule has 4 N–H and O–H groups in total. The van der Waals surface area contributed by atoms with Crippen molar-refractivity contribution in [1.29, 1.82) is 0 Å². The highest BCUT2D eigenvalue weighted by atomic mass is 32.2. The molecule has 2 aromatic rings. The van der Waals surface area contributed by atoms with Gasteiger partial charge in [0.2, 0.25) is 11.8 Å². The number of hydrogen-bond donors (Lipinski definition) is 3. The summed E-state index contributed by atoms with van der Waals surface area (Å²) in [6, 6.07) is -0.780. The summed E-state index contributed by atoms with van der Waals surface area (Å²) in [6.07, 6.45) is 1.95. The van der Waals surface area contributed by atoms with E-state index in [9.17, 15) is 4.79 Å². The maximum absolute atomic E-state index is 12.1. The number of aromatic nitrogens is 4. The van der Waals surface area contributed by atoms with E-state index in [0.717, 1.165) is 11.4 Å². The Kier molecular flexibility index (Phi) is 4.97. The van der Waals surface area contributed by atoms with Gasteiger partial charge in [-0.2, -0.15) is 21.8 Å². The second-order valence-corrected chi connectivity index (χ2v) is 5.45. The summed E-state index contributed by atoms with van der Waals surface area (Å²) in [5.41, 5.74) is 8.17. The van der Waals surface area contributed by atoms with Gasteiger partial charge in [-0.3, -0.25) is 9.89 Å². The molecular formula is C12H18N6O2S. The van der Waals surface area contributed by atoms with Crippen LogP contribution in [0.4, 0.5) is 0 Å². The molecule has 2 rings (SSSR count). The molecule has 21 heavy (non-hydrogen) atoms. The first kappa shape index (κ1) is 15.5. The Labute approximate surface area is 126 Å². The average Bonchev–Trinajstić information content (AvgIpc) is 3.03. The van der Waals surface area contributed by atoms with Gasteiger partial charge in [0, 0.05) is 11.3 Å². The van der Waals surface area contributed by atoms with Crippen LogP contribution in [0.2, 0.25) is 0 Å². The third-order valence-electron chi connectivity index (χ3n) is 2.98. The standard InChI is InChI=1S/C12H18N6O2S/c1-6-10(7(2)17-16-6)11(13)12(19)14-4-9-15-8(5-21-3)18-20-9/h11H,4-5,13H2,1-3H3,(H,14,19)(H,16,17)/t11-/m0/s1. The minimum absolute atomic E-state index is 0.157. The molecule has 0 saturated heterocycles. The van der Waals surface area contributed by atoms with Gasteiger partial charge in [-0.25, -0.2) is 0 Å². The lowest BCUT2D eigenvalue weighted by molar-refractivity contribution is -0.122. The highest BCUT2D eigenvalue weighted by Crippen LogP contribution is 2.17. The van der Waals surface area contributed by atoms with Crippen molar-refractivity contribution in [2.24, 2.45) is 5.73 Å². The fourth-order valence-corrected chi connectivity index (χ4v) is 2.35. The number of amides is 1. The summed E-state index contributed by atoms with van der Waals surface area (Å²) in [5.74, 6) is 1.33. The molecular weight excluding hydrogens is 292 g/mol. The third kappa shape index (κ3) is 3.61. The fraction of sp³-hybridized carbons (Fsp3) is 0.500. The van der Waals surface area contributed by atoms with E-state index in [4.69, 9.17) is 10.3 Å². The van der Waals surface area contributed by atoms with Gasteiger partial charge >= 0.3 is 0 Å². The van der Waals surface area contributed by atoms with Gasteiger partial charge in [-0.1, -0.05) is 5.16 Å². The number of H-pyrrole nitrogens is 1. The molecule has 1 amide bonds. The number of thioether (sulfide) groups is 1. The molecule has 2 heterocycles. The first-order valence-corrected chi connectivity index (χ1v) is 7.77. The molecule has 0 spiro atoms. The minimum atomic E-state index is -0.780. The van der Waals surface area contributed by atoms with Crippen LogP contribution in [0.5, 0.6) is 0 Å². The van der Waals surface area contributed by atoms with E-state index in [-0.39, 0.29) is 12.5 Å². The van der Waals surface area contributed by atoms with Crippen LogP contribution in [-0.4, -0.2) is 32.5 Å². The Morgan fingerprint density at radius 3 is 2.90 bits per heavy atom. The van der Waals surface area contributed by atoms with Crippen molar-refractivity contribution in [2.75, 3.05) is 6.26 Å². The molecule has 9 heteroatoms. The van der Waals surface area contributed by atoms with E-state index in [1.54, 1.807) is 18.7 Å². The predicted octanol–water partition coefficient (Wildman–Crippen LogP) is 0.589. The number of carbonyl (C=O) groups excluding carboxylic acids is 1. The van der Waals surface area contributed by atoms with Crippen LogP contribution in [-0.2, 0) is 17.1 Å². The number of aromatic amines is 1. The van der Waals surface area contributed by atoms with Gasteiger partial charge in [0.1, 0.15) is 6.04 Å². The van der Waals surface area contributed by atoms with Gasteiger partial charge < -0.3 is 15.6 Å². The van der Waals surface area contributed by atoms with E-state index in [2.05, 4.69) is 25.7 Å². The molecule has 0 radical (unpaired) electrons. The van der Waals surface area contributed by atoms with Gasteiger partial charge in [-0.15, -0.1) is 0 Å². The van der Waals surface area contributed by atoms with Crippen molar-refractivity contribution in [3.8, 4) is 0 Å². The van der Waals surface area contributed by atoms with Crippen molar-refractivity contribution in [3.05, 3.63) is 28.7 Å². The Balaban J connectivity index is 1.95. The van der Waals surface area contributed by atoms with Crippen LogP contribution in [0.25, 0.3) is 0 Å². The van der Waals surface area contributed by atoms with Gasteiger partial charge in [-0.05, 0) is 20.1 Å². The fourth-order valence-electron chi connectivity index (χ4n) is 1.97. The molecule has 0 bridgehead atoms. The van der Waals surface area contributed by atoms with E-state index in [1.165, 1.54) is 0 Å². The van der Waals surface area contributed by atoms with Crippen molar-refractivity contribution in [3.63, 3.8) is 0 Å². The van der Waals surface area contributed by atoms with E-state index < -0.39 is 6.04 Å². The quantitative estimate of drug-likeness (QED) is 0.713. The van der Waals surface area contributed by atoms with Crippen molar-refractivity contribution < 1.29 is 9.32 Å². The van der Waals surface area contributed by atoms with Crippen LogP contribution in [0.3, 0.4) is 0 Å². The zero-order chi connectivity index (χ0) is 15.4. The average molecular weight is 310 g/mol. The third-order valence-corrected chi connectivity index (χ3v) is 3.52. The Bertz CT molecular complexity index is 604. The molecule has 0 aromatic carbocycles. The Hall–Kier alpha value is -1.87. The van der Waals surface area contributed by atoms with Crippen LogP contribution in [0.1, 0.15) is 34.7 Å². The molecule has 0 aliphatic rings. The maximum Gasteiger partial charge on any atom is 0.246 e. The normalized spacial score (nSPS) is 12.4. The lowest BCUT2D eigenvalue weighted by Gasteiger charge is -2.11. The topological polar surface area (TPSA) is 123 Å². The summed E-state index contributed by atoms with van der Waals surface area (Å²) < 4.78 is 5.04. The second kappa shape index (κ2) is 6.72. The monoisotopic (exact) mass is 310 g/mol. The highest BCUT2D eigenvalue weighted by Gasteiger charge is 2.22. The molecule has 0 unspecified atom stereocenters. The first-order valence-electron chi connectivity index (χ1n) is 6.38. The lowest BCUT2D eigenvalue weighted by atomic mass is 10.1. The summed E-state index contributed by atoms with van der Waals surface area (Å²) >= 11 is 1.60. The molecule has 8 nitrogen and oxygen atoms in total. The predicted molar refractivity (Wildman–Crippen MR) is 78.4 cm³/mol. The summed E-state index contributed by atoms with van der Waals surface area (Å²) in [7, 11) is 0. The molecule has 2 aromatic heterocycles. The van der Waals surface area contributed by atoms with Gasteiger partial charge in [0.15, 0.2) is 5.82 Å². The van der Waals surface area contributed by atoms with E-state index in [1.807, 2.05) is 13.2 Å². The van der Waals surface area contributed by atoms with Crippen LogP contribution >= 0.6 is 11.8 Å². The molecule has 114 valence electrons. The SMILES string of the molecule is CSCc1noc(CNC(=O)[C@@H](N)c2c(C)n[nH]c2C)n1. The molecule has 1 atom stereocenters. The molecule has 0 aliphatic carbocycles. The van der Waals surface area contributed by atoms with E-state index in [0.29, 0.717) is 23.0 Å². The number of nitrogens with two attached hydrogens (primary N) is 1. The zero-order valence-corrected chi connectivity index (χ0v) is 13.0. The number of carbonyl (C=O) groups is 1. The number of aryl methyl sites for hydroxylation is 2. The summed E-state index contributed by atoms with van der Waals surface area (Å²) in [6.45, 7) is 3.79. The molecule has 0 saturated carbocycles. The smallest absolute Gasteiger partial charge is 0.246 e. The maximum atomic E-state index is 12.1. The second-order valence-electron chi connectivity index (χ2n) is 4.58. The Morgan fingerprint density at radius 1 is 1.52 bits per heavy atom. The first-order chi connectivity index (χ1) is 10.0. The minimum Gasteiger partial charge on any atom is -0.345 e. The molecule has 0 fully saturated rings. The zero-order valence-electron chi connectivity index (χ0n) is 12.1. The summed E-state index contributed by atoms with van der Waals surface area (Å²) in [5, 5.41) is 13.3. The largest absolute Gasteiger partial charge is 0.345 e. The van der Waals surface area contributed by atoms with Gasteiger partial charge in [0.25, 0.3) is 0 Å². The van der Waals surface area contributed by atoms with Crippen molar-refractivity contribution in [1.82, 2.24) is 25.7 Å². The van der Waals surface area contributed by atoms with Crippen molar-refractivity contribution >= 4 is 17.7 Å². The summed E-state index contributed by atoms with van der Waals surface area (Å²) in [4.78, 5) is 16.2. The molecule has 0 aliphatic heterocycles.